The van der Waals surface area contributed by atoms with Gasteiger partial charge in [0.25, 0.3) is 0 Å². The zero-order valence-corrected chi connectivity index (χ0v) is 13.0. The summed E-state index contributed by atoms with van der Waals surface area (Å²) in [5.74, 6) is 1.15. The molecule has 0 radical (unpaired) electrons. The molecule has 1 aliphatic heterocycles. The molecule has 19 heavy (non-hydrogen) atoms. The maximum absolute atomic E-state index is 4.83. The van der Waals surface area contributed by atoms with Gasteiger partial charge in [0, 0.05) is 11.3 Å². The molecule has 1 atom stereocenters. The van der Waals surface area contributed by atoms with Crippen molar-refractivity contribution >= 4 is 16.9 Å². The predicted molar refractivity (Wildman–Crippen MR) is 85.9 cm³/mol. The van der Waals surface area contributed by atoms with E-state index < -0.39 is 0 Å². The minimum Gasteiger partial charge on any atom is -0.359 e. The summed E-state index contributed by atoms with van der Waals surface area (Å²) in [6.07, 6.45) is 3.35. The standard InChI is InChI=1S/C16H24N2S/c1-4-16(5-2)12-19-15(18-16)17-13(3)11-14-9-7-6-8-10-14/h6-10,13H,4-5,11-12H2,1-3H3,(H,17,18). The lowest BCUT2D eigenvalue weighted by Crippen LogP contribution is -2.42. The van der Waals surface area contributed by atoms with E-state index in [1.54, 1.807) is 0 Å². The fourth-order valence-electron chi connectivity index (χ4n) is 2.41. The highest BCUT2D eigenvalue weighted by molar-refractivity contribution is 8.14. The van der Waals surface area contributed by atoms with Crippen molar-refractivity contribution in [2.75, 3.05) is 5.75 Å². The van der Waals surface area contributed by atoms with Gasteiger partial charge in [0.1, 0.15) is 0 Å². The van der Waals surface area contributed by atoms with E-state index in [-0.39, 0.29) is 5.54 Å². The van der Waals surface area contributed by atoms with Gasteiger partial charge in [0.2, 0.25) is 0 Å². The number of thioether (sulfide) groups is 1. The molecule has 104 valence electrons. The van der Waals surface area contributed by atoms with Gasteiger partial charge in [-0.05, 0) is 31.7 Å². The third-order valence-corrected chi connectivity index (χ3v) is 5.10. The monoisotopic (exact) mass is 276 g/mol. The molecule has 0 aliphatic carbocycles. The van der Waals surface area contributed by atoms with E-state index in [4.69, 9.17) is 4.99 Å². The Morgan fingerprint density at radius 1 is 1.26 bits per heavy atom. The summed E-state index contributed by atoms with van der Waals surface area (Å²) in [5.41, 5.74) is 1.63. The number of hydrogen-bond donors (Lipinski definition) is 1. The summed E-state index contributed by atoms with van der Waals surface area (Å²) in [4.78, 5) is 4.83. The molecule has 1 N–H and O–H groups in total. The van der Waals surface area contributed by atoms with Crippen LogP contribution in [0.3, 0.4) is 0 Å². The lowest BCUT2D eigenvalue weighted by atomic mass is 9.96. The van der Waals surface area contributed by atoms with Gasteiger partial charge in [-0.1, -0.05) is 55.9 Å². The Hall–Kier alpha value is -0.960. The largest absolute Gasteiger partial charge is 0.359 e. The topological polar surface area (TPSA) is 24.4 Å². The van der Waals surface area contributed by atoms with Gasteiger partial charge in [-0.2, -0.15) is 0 Å². The molecule has 1 heterocycles. The number of rotatable bonds is 5. The average molecular weight is 276 g/mol. The van der Waals surface area contributed by atoms with Crippen LogP contribution in [0.15, 0.2) is 35.3 Å². The number of nitrogens with zero attached hydrogens (tertiary/aromatic N) is 1. The van der Waals surface area contributed by atoms with Crippen LogP contribution in [-0.2, 0) is 6.42 Å². The second kappa shape index (κ2) is 6.47. The summed E-state index contributed by atoms with van der Waals surface area (Å²) in [5, 5.41) is 4.77. The van der Waals surface area contributed by atoms with Gasteiger partial charge in [0.15, 0.2) is 5.17 Å². The van der Waals surface area contributed by atoms with Crippen LogP contribution in [0.1, 0.15) is 39.2 Å². The number of aliphatic imine (C=N–C) groups is 1. The summed E-state index contributed by atoms with van der Waals surface area (Å²) in [6.45, 7) is 6.71. The zero-order valence-electron chi connectivity index (χ0n) is 12.1. The minimum absolute atomic E-state index is 0.274. The first-order valence-electron chi connectivity index (χ1n) is 7.20. The summed E-state index contributed by atoms with van der Waals surface area (Å²) >= 11 is 1.88. The second-order valence-electron chi connectivity index (χ2n) is 5.37. The maximum atomic E-state index is 4.83. The molecule has 1 aromatic rings. The molecular formula is C16H24N2S. The van der Waals surface area contributed by atoms with Crippen LogP contribution in [0.4, 0.5) is 0 Å². The first-order valence-corrected chi connectivity index (χ1v) is 8.18. The van der Waals surface area contributed by atoms with Gasteiger partial charge in [-0.25, -0.2) is 0 Å². The molecular weight excluding hydrogens is 252 g/mol. The second-order valence-corrected chi connectivity index (χ2v) is 6.34. The average Bonchev–Trinajstić information content (AvgIpc) is 2.84. The van der Waals surface area contributed by atoms with Crippen molar-refractivity contribution in [3.8, 4) is 0 Å². The molecule has 0 saturated carbocycles. The van der Waals surface area contributed by atoms with Gasteiger partial charge in [0.05, 0.1) is 6.04 Å². The van der Waals surface area contributed by atoms with Crippen molar-refractivity contribution in [1.29, 1.82) is 0 Å². The highest BCUT2D eigenvalue weighted by atomic mass is 32.2. The Morgan fingerprint density at radius 3 is 2.53 bits per heavy atom. The first-order chi connectivity index (χ1) is 9.17. The molecule has 1 aromatic carbocycles. The van der Waals surface area contributed by atoms with Crippen LogP contribution in [0.5, 0.6) is 0 Å². The van der Waals surface area contributed by atoms with E-state index in [1.165, 1.54) is 18.4 Å². The molecule has 2 rings (SSSR count). The van der Waals surface area contributed by atoms with Gasteiger partial charge >= 0.3 is 0 Å². The van der Waals surface area contributed by atoms with Crippen LogP contribution >= 0.6 is 11.8 Å². The molecule has 0 amide bonds. The van der Waals surface area contributed by atoms with Crippen LogP contribution in [0, 0.1) is 0 Å². The van der Waals surface area contributed by atoms with Crippen molar-refractivity contribution in [3.63, 3.8) is 0 Å². The third-order valence-electron chi connectivity index (χ3n) is 3.92. The molecule has 1 unspecified atom stereocenters. The molecule has 0 spiro atoms. The van der Waals surface area contributed by atoms with E-state index in [9.17, 15) is 0 Å². The summed E-state index contributed by atoms with van der Waals surface area (Å²) < 4.78 is 0. The maximum Gasteiger partial charge on any atom is 0.157 e. The Bertz CT molecular complexity index is 424. The Morgan fingerprint density at radius 2 is 1.95 bits per heavy atom. The molecule has 1 aliphatic rings. The Kier molecular flexibility index (Phi) is 4.92. The number of benzene rings is 1. The van der Waals surface area contributed by atoms with E-state index in [0.29, 0.717) is 6.04 Å². The fourth-order valence-corrected chi connectivity index (χ4v) is 3.84. The third kappa shape index (κ3) is 3.75. The lowest BCUT2D eigenvalue weighted by Gasteiger charge is -2.25. The highest BCUT2D eigenvalue weighted by Crippen LogP contribution is 2.29. The SMILES string of the molecule is CCC1(CC)CSC(=NC(C)Cc2ccccc2)N1. The highest BCUT2D eigenvalue weighted by Gasteiger charge is 2.33. The quantitative estimate of drug-likeness (QED) is 0.883. The van der Waals surface area contributed by atoms with Crippen LogP contribution in [0.2, 0.25) is 0 Å². The van der Waals surface area contributed by atoms with E-state index in [1.807, 2.05) is 11.8 Å². The molecule has 3 heteroatoms. The van der Waals surface area contributed by atoms with Crippen molar-refractivity contribution in [1.82, 2.24) is 5.32 Å². The lowest BCUT2D eigenvalue weighted by molar-refractivity contribution is 0.407. The van der Waals surface area contributed by atoms with Crippen molar-refractivity contribution in [2.45, 2.75) is 51.6 Å². The van der Waals surface area contributed by atoms with Gasteiger partial charge in [-0.3, -0.25) is 4.99 Å². The number of amidine groups is 1. The molecule has 0 bridgehead atoms. The summed E-state index contributed by atoms with van der Waals surface area (Å²) in [6, 6.07) is 10.9. The van der Waals surface area contributed by atoms with Crippen LogP contribution in [0.25, 0.3) is 0 Å². The number of nitrogens with one attached hydrogen (secondary N) is 1. The van der Waals surface area contributed by atoms with E-state index in [0.717, 1.165) is 17.3 Å². The van der Waals surface area contributed by atoms with Crippen molar-refractivity contribution in [3.05, 3.63) is 35.9 Å². The zero-order chi connectivity index (χ0) is 13.7. The van der Waals surface area contributed by atoms with Crippen LogP contribution in [-0.4, -0.2) is 22.5 Å². The molecule has 0 aromatic heterocycles. The minimum atomic E-state index is 0.274. The van der Waals surface area contributed by atoms with Gasteiger partial charge in [-0.15, -0.1) is 0 Å². The fraction of sp³-hybridized carbons (Fsp3) is 0.562. The normalized spacial score (nSPS) is 21.3. The summed E-state index contributed by atoms with van der Waals surface area (Å²) in [7, 11) is 0. The molecule has 1 fully saturated rings. The number of hydrogen-bond acceptors (Lipinski definition) is 2. The smallest absolute Gasteiger partial charge is 0.157 e. The first kappa shape index (κ1) is 14.4. The van der Waals surface area contributed by atoms with E-state index >= 15 is 0 Å². The van der Waals surface area contributed by atoms with Crippen molar-refractivity contribution < 1.29 is 0 Å². The van der Waals surface area contributed by atoms with Crippen LogP contribution < -0.4 is 5.32 Å². The molecule has 1 saturated heterocycles. The van der Waals surface area contributed by atoms with Gasteiger partial charge < -0.3 is 5.32 Å². The van der Waals surface area contributed by atoms with Crippen molar-refractivity contribution in [2.24, 2.45) is 4.99 Å². The predicted octanol–water partition coefficient (Wildman–Crippen LogP) is 3.87. The van der Waals surface area contributed by atoms with E-state index in [2.05, 4.69) is 56.4 Å². The Balaban J connectivity index is 1.95. The Labute approximate surface area is 121 Å². The molecule has 2 nitrogen and oxygen atoms in total.